The Labute approximate surface area is 66.0 Å². The number of fused-ring (bicyclic) bond motifs is 1. The van der Waals surface area contributed by atoms with Gasteiger partial charge in [-0.25, -0.2) is 0 Å². The zero-order chi connectivity index (χ0) is 7.68. The van der Waals surface area contributed by atoms with Crippen molar-refractivity contribution in [1.29, 1.82) is 0 Å². The number of ketones is 1. The Hall–Kier alpha value is -1.11. The number of aryl methyl sites for hydroxylation is 1. The number of hydrogen-bond acceptors (Lipinski definition) is 0. The maximum atomic E-state index is 9.48. The largest absolute Gasteiger partial charge is 0.323 e. The predicted molar refractivity (Wildman–Crippen MR) is 45.4 cm³/mol. The molecule has 1 aliphatic rings. The lowest BCUT2D eigenvalue weighted by molar-refractivity contribution is 0.642. The second-order valence-electron chi connectivity index (χ2n) is 2.96. The molecule has 11 heavy (non-hydrogen) atoms. The van der Waals surface area contributed by atoms with Crippen molar-refractivity contribution in [3.63, 3.8) is 0 Å². The van der Waals surface area contributed by atoms with E-state index in [0.29, 0.717) is 5.78 Å². The molecule has 0 radical (unpaired) electrons. The molecule has 0 fully saturated rings. The van der Waals surface area contributed by atoms with Gasteiger partial charge in [-0.05, 0) is 24.5 Å². The molecule has 1 N–H and O–H groups in total. The minimum absolute atomic E-state index is 0.562. The fourth-order valence-corrected chi connectivity index (χ4v) is 1.60. The van der Waals surface area contributed by atoms with Gasteiger partial charge in [0.15, 0.2) is 0 Å². The van der Waals surface area contributed by atoms with E-state index >= 15 is 0 Å². The summed E-state index contributed by atoms with van der Waals surface area (Å²) in [7, 11) is 0. The number of carbonyl (C=O) groups excluding carboxylic acids is 1. The fraction of sp³-hybridized carbons (Fsp3) is 0.300. The van der Waals surface area contributed by atoms with Crippen LogP contribution in [0.2, 0.25) is 0 Å². The highest BCUT2D eigenvalue weighted by atomic mass is 16.1. The van der Waals surface area contributed by atoms with Crippen LogP contribution in [0.25, 0.3) is 0 Å². The second kappa shape index (κ2) is 2.50. The molecule has 0 saturated carbocycles. The van der Waals surface area contributed by atoms with E-state index in [0.717, 1.165) is 24.8 Å². The van der Waals surface area contributed by atoms with E-state index in [1.165, 1.54) is 5.56 Å². The van der Waals surface area contributed by atoms with Crippen LogP contribution in [0.4, 0.5) is 0 Å². The third-order valence-electron chi connectivity index (χ3n) is 2.19. The van der Waals surface area contributed by atoms with Crippen LogP contribution in [0, 0.1) is 0 Å². The summed E-state index contributed by atoms with van der Waals surface area (Å²) in [5.74, 6) is 0.562. The average Bonchev–Trinajstić information content (AvgIpc) is 2.06. The first kappa shape index (κ1) is 6.59. The summed E-state index contributed by atoms with van der Waals surface area (Å²) < 4.78 is 0. The Morgan fingerprint density at radius 3 is 2.73 bits per heavy atom. The maximum Gasteiger partial charge on any atom is 0.323 e. The van der Waals surface area contributed by atoms with E-state index in [1.807, 2.05) is 18.2 Å². The molecule has 1 aliphatic carbocycles. The van der Waals surface area contributed by atoms with Gasteiger partial charge in [0.25, 0.3) is 0 Å². The van der Waals surface area contributed by atoms with Crippen molar-refractivity contribution in [1.82, 2.24) is 0 Å². The lowest BCUT2D eigenvalue weighted by Crippen LogP contribution is -2.10. The highest BCUT2D eigenvalue weighted by Crippen LogP contribution is 2.19. The Morgan fingerprint density at radius 1 is 1.09 bits per heavy atom. The van der Waals surface area contributed by atoms with Crippen molar-refractivity contribution in [2.24, 2.45) is 0 Å². The first-order valence-electron chi connectivity index (χ1n) is 4.01. The minimum atomic E-state index is 0.562. The zero-order valence-corrected chi connectivity index (χ0v) is 6.38. The molecule has 56 valence electrons. The van der Waals surface area contributed by atoms with Crippen molar-refractivity contribution in [3.8, 4) is 0 Å². The zero-order valence-electron chi connectivity index (χ0n) is 6.38. The molecule has 0 unspecified atom stereocenters. The molecule has 1 nitrogen and oxygen atoms in total. The SMILES string of the molecule is [OH+]=C1CCCc2ccccc21. The molecular weight excluding hydrogens is 136 g/mol. The van der Waals surface area contributed by atoms with Crippen LogP contribution in [0.1, 0.15) is 24.0 Å². The fourth-order valence-electron chi connectivity index (χ4n) is 1.60. The maximum absolute atomic E-state index is 9.48. The van der Waals surface area contributed by atoms with Crippen LogP contribution in [-0.4, -0.2) is 10.6 Å². The molecule has 0 bridgehead atoms. The van der Waals surface area contributed by atoms with Crippen LogP contribution in [0.3, 0.4) is 0 Å². The van der Waals surface area contributed by atoms with Crippen molar-refractivity contribution in [3.05, 3.63) is 35.4 Å². The van der Waals surface area contributed by atoms with Gasteiger partial charge < -0.3 is 0 Å². The standard InChI is InChI=1S/C10H10O/c11-10-7-3-5-8-4-1-2-6-9(8)10/h1-2,4,6H,3,5,7H2/p+1. The monoisotopic (exact) mass is 147 g/mol. The number of rotatable bonds is 0. The van der Waals surface area contributed by atoms with Crippen LogP contribution in [-0.2, 0) is 6.42 Å². The molecule has 1 aromatic carbocycles. The van der Waals surface area contributed by atoms with Crippen molar-refractivity contribution in [2.45, 2.75) is 19.3 Å². The van der Waals surface area contributed by atoms with Crippen LogP contribution >= 0.6 is 0 Å². The molecular formula is C10H11O+. The Kier molecular flexibility index (Phi) is 1.50. The Balaban J connectivity index is 2.52. The lowest BCUT2D eigenvalue weighted by Gasteiger charge is -2.09. The van der Waals surface area contributed by atoms with Crippen molar-refractivity contribution >= 4 is 5.78 Å². The summed E-state index contributed by atoms with van der Waals surface area (Å²) in [5.41, 5.74) is 2.34. The quantitative estimate of drug-likeness (QED) is 0.500. The third kappa shape index (κ3) is 1.07. The summed E-state index contributed by atoms with van der Waals surface area (Å²) in [6, 6.07) is 8.08. The van der Waals surface area contributed by atoms with Crippen molar-refractivity contribution in [2.75, 3.05) is 0 Å². The van der Waals surface area contributed by atoms with E-state index in [9.17, 15) is 4.79 Å². The van der Waals surface area contributed by atoms with Crippen LogP contribution in [0.15, 0.2) is 24.3 Å². The van der Waals surface area contributed by atoms with Gasteiger partial charge in [0, 0.05) is 0 Å². The molecule has 1 heteroatoms. The predicted octanol–water partition coefficient (Wildman–Crippen LogP) is 1.92. The summed E-state index contributed by atoms with van der Waals surface area (Å²) in [5, 5.41) is 0. The highest BCUT2D eigenvalue weighted by Gasteiger charge is 2.20. The summed E-state index contributed by atoms with van der Waals surface area (Å²) >= 11 is 0. The molecule has 1 aromatic rings. The van der Waals surface area contributed by atoms with Gasteiger partial charge in [-0.3, -0.25) is 4.79 Å². The number of hydrogen-bond donors (Lipinski definition) is 0. The third-order valence-corrected chi connectivity index (χ3v) is 2.19. The average molecular weight is 147 g/mol. The summed E-state index contributed by atoms with van der Waals surface area (Å²) in [4.78, 5) is 9.48. The molecule has 2 rings (SSSR count). The van der Waals surface area contributed by atoms with Gasteiger partial charge in [0.2, 0.25) is 0 Å². The lowest BCUT2D eigenvalue weighted by atomic mass is 9.91. The molecule has 0 saturated heterocycles. The molecule has 0 aromatic heterocycles. The van der Waals surface area contributed by atoms with Crippen molar-refractivity contribution < 1.29 is 4.79 Å². The summed E-state index contributed by atoms with van der Waals surface area (Å²) in [6.45, 7) is 0. The van der Waals surface area contributed by atoms with Gasteiger partial charge in [-0.15, -0.1) is 0 Å². The number of benzene rings is 1. The van der Waals surface area contributed by atoms with E-state index in [1.54, 1.807) is 0 Å². The van der Waals surface area contributed by atoms with Gasteiger partial charge >= 0.3 is 5.78 Å². The smallest absolute Gasteiger partial charge is 0.278 e. The topological polar surface area (TPSA) is 21.4 Å². The second-order valence-corrected chi connectivity index (χ2v) is 2.96. The van der Waals surface area contributed by atoms with E-state index in [2.05, 4.69) is 6.07 Å². The van der Waals surface area contributed by atoms with Gasteiger partial charge in [0.1, 0.15) is 0 Å². The first-order chi connectivity index (χ1) is 5.38. The summed E-state index contributed by atoms with van der Waals surface area (Å²) in [6.07, 6.45) is 3.04. The van der Waals surface area contributed by atoms with Gasteiger partial charge in [0.05, 0.1) is 12.0 Å². The Morgan fingerprint density at radius 2 is 1.91 bits per heavy atom. The normalized spacial score (nSPS) is 16.2. The molecule has 0 aliphatic heterocycles. The minimum Gasteiger partial charge on any atom is -0.278 e. The van der Waals surface area contributed by atoms with Crippen LogP contribution < -0.4 is 0 Å². The molecule has 0 amide bonds. The first-order valence-corrected chi connectivity index (χ1v) is 4.01. The molecule has 0 atom stereocenters. The molecule has 0 spiro atoms. The van der Waals surface area contributed by atoms with Gasteiger partial charge in [-0.1, -0.05) is 18.2 Å². The molecule has 0 heterocycles. The van der Waals surface area contributed by atoms with Crippen LogP contribution in [0.5, 0.6) is 0 Å². The van der Waals surface area contributed by atoms with E-state index in [-0.39, 0.29) is 0 Å². The highest BCUT2D eigenvalue weighted by molar-refractivity contribution is 5.98. The van der Waals surface area contributed by atoms with E-state index < -0.39 is 0 Å². The van der Waals surface area contributed by atoms with Gasteiger partial charge in [-0.2, -0.15) is 0 Å². The Bertz CT molecular complexity index is 289. The van der Waals surface area contributed by atoms with E-state index in [4.69, 9.17) is 0 Å².